The molecule has 4 heteroatoms. The minimum absolute atomic E-state index is 0.0634. The van der Waals surface area contributed by atoms with Crippen LogP contribution in [0.1, 0.15) is 24.2 Å². The van der Waals surface area contributed by atoms with Gasteiger partial charge in [-0.3, -0.25) is 4.79 Å². The number of carbonyl (C=O) groups excluding carboxylic acids is 1. The number of aldehydes is 1. The van der Waals surface area contributed by atoms with Gasteiger partial charge in [-0.15, -0.1) is 0 Å². The Balaban J connectivity index is 1.83. The molecular formula is C14H18O4. The number of rotatable bonds is 4. The van der Waals surface area contributed by atoms with E-state index >= 15 is 0 Å². The molecule has 0 unspecified atom stereocenters. The van der Waals surface area contributed by atoms with Crippen molar-refractivity contribution in [2.45, 2.75) is 20.1 Å². The number of hydrogen-bond donors (Lipinski definition) is 0. The summed E-state index contributed by atoms with van der Waals surface area (Å²) in [6.45, 7) is 5.85. The fourth-order valence-corrected chi connectivity index (χ4v) is 1.66. The van der Waals surface area contributed by atoms with E-state index in [1.54, 1.807) is 24.3 Å². The summed E-state index contributed by atoms with van der Waals surface area (Å²) in [6, 6.07) is 7.01. The standard InChI is InChI=1S/C14H18O4/c1-14(2)9-17-13(18-10-14)8-16-12-5-3-4-11(6-12)7-15/h3-7,13H,8-10H2,1-2H3. The summed E-state index contributed by atoms with van der Waals surface area (Å²) < 4.78 is 16.7. The van der Waals surface area contributed by atoms with Gasteiger partial charge in [0.1, 0.15) is 18.6 Å². The summed E-state index contributed by atoms with van der Waals surface area (Å²) >= 11 is 0. The van der Waals surface area contributed by atoms with Crippen LogP contribution in [0.15, 0.2) is 24.3 Å². The second-order valence-electron chi connectivity index (χ2n) is 5.22. The zero-order chi connectivity index (χ0) is 13.0. The molecule has 0 saturated carbocycles. The van der Waals surface area contributed by atoms with Crippen LogP contribution in [0.4, 0.5) is 0 Å². The van der Waals surface area contributed by atoms with Crippen molar-refractivity contribution in [3.8, 4) is 5.75 Å². The molecule has 2 rings (SSSR count). The van der Waals surface area contributed by atoms with E-state index < -0.39 is 0 Å². The van der Waals surface area contributed by atoms with Crippen LogP contribution in [-0.2, 0) is 9.47 Å². The summed E-state index contributed by atoms with van der Waals surface area (Å²) in [5, 5.41) is 0. The largest absolute Gasteiger partial charge is 0.488 e. The summed E-state index contributed by atoms with van der Waals surface area (Å²) in [6.07, 6.45) is 0.459. The van der Waals surface area contributed by atoms with Crippen molar-refractivity contribution in [3.63, 3.8) is 0 Å². The van der Waals surface area contributed by atoms with Gasteiger partial charge in [0.25, 0.3) is 0 Å². The Bertz CT molecular complexity index is 404. The predicted octanol–water partition coefficient (Wildman–Crippen LogP) is 2.28. The minimum Gasteiger partial charge on any atom is -0.488 e. The summed E-state index contributed by atoms with van der Waals surface area (Å²) in [7, 11) is 0. The summed E-state index contributed by atoms with van der Waals surface area (Å²) in [5.41, 5.74) is 0.660. The lowest BCUT2D eigenvalue weighted by Crippen LogP contribution is -2.40. The fourth-order valence-electron chi connectivity index (χ4n) is 1.66. The molecule has 1 heterocycles. The molecule has 0 bridgehead atoms. The van der Waals surface area contributed by atoms with Crippen molar-refractivity contribution in [1.29, 1.82) is 0 Å². The first kappa shape index (κ1) is 13.1. The van der Waals surface area contributed by atoms with Crippen LogP contribution in [-0.4, -0.2) is 32.4 Å². The van der Waals surface area contributed by atoms with Crippen LogP contribution in [0, 0.1) is 5.41 Å². The lowest BCUT2D eigenvalue weighted by Gasteiger charge is -2.34. The molecule has 0 N–H and O–H groups in total. The van der Waals surface area contributed by atoms with E-state index in [4.69, 9.17) is 14.2 Å². The predicted molar refractivity (Wildman–Crippen MR) is 66.8 cm³/mol. The lowest BCUT2D eigenvalue weighted by molar-refractivity contribution is -0.230. The molecule has 0 spiro atoms. The normalized spacial score (nSPS) is 19.4. The van der Waals surface area contributed by atoms with E-state index in [0.717, 1.165) is 6.29 Å². The molecule has 0 atom stereocenters. The van der Waals surface area contributed by atoms with E-state index in [9.17, 15) is 4.79 Å². The second kappa shape index (κ2) is 5.50. The van der Waals surface area contributed by atoms with Gasteiger partial charge in [-0.2, -0.15) is 0 Å². The molecule has 18 heavy (non-hydrogen) atoms. The first-order chi connectivity index (χ1) is 8.59. The van der Waals surface area contributed by atoms with Gasteiger partial charge < -0.3 is 14.2 Å². The second-order valence-corrected chi connectivity index (χ2v) is 5.22. The third-order valence-corrected chi connectivity index (χ3v) is 2.70. The molecule has 98 valence electrons. The van der Waals surface area contributed by atoms with Crippen molar-refractivity contribution < 1.29 is 19.0 Å². The van der Waals surface area contributed by atoms with Gasteiger partial charge in [-0.25, -0.2) is 0 Å². The molecule has 1 aromatic rings. The number of ether oxygens (including phenoxy) is 3. The van der Waals surface area contributed by atoms with Crippen molar-refractivity contribution in [3.05, 3.63) is 29.8 Å². The maximum Gasteiger partial charge on any atom is 0.191 e. The maximum absolute atomic E-state index is 10.6. The summed E-state index contributed by atoms with van der Waals surface area (Å²) in [4.78, 5) is 10.6. The van der Waals surface area contributed by atoms with Crippen molar-refractivity contribution in [2.75, 3.05) is 19.8 Å². The Morgan fingerprint density at radius 3 is 2.78 bits per heavy atom. The van der Waals surface area contributed by atoms with Crippen LogP contribution >= 0.6 is 0 Å². The molecule has 0 radical (unpaired) electrons. The number of carbonyl (C=O) groups is 1. The van der Waals surface area contributed by atoms with Crippen LogP contribution in [0.5, 0.6) is 5.75 Å². The molecule has 1 aliphatic rings. The van der Waals surface area contributed by atoms with Crippen molar-refractivity contribution in [2.24, 2.45) is 5.41 Å². The number of hydrogen-bond acceptors (Lipinski definition) is 4. The SMILES string of the molecule is CC1(C)COC(COc2cccc(C=O)c2)OC1. The molecule has 1 fully saturated rings. The van der Waals surface area contributed by atoms with Crippen molar-refractivity contribution in [1.82, 2.24) is 0 Å². The van der Waals surface area contributed by atoms with Gasteiger partial charge in [0.05, 0.1) is 13.2 Å². The van der Waals surface area contributed by atoms with Crippen LogP contribution in [0.25, 0.3) is 0 Å². The molecule has 0 aromatic heterocycles. The smallest absolute Gasteiger partial charge is 0.191 e. The Kier molecular flexibility index (Phi) is 3.99. The Morgan fingerprint density at radius 2 is 2.11 bits per heavy atom. The monoisotopic (exact) mass is 250 g/mol. The lowest BCUT2D eigenvalue weighted by atomic mass is 9.96. The van der Waals surface area contributed by atoms with Gasteiger partial charge in [0, 0.05) is 11.0 Å². The molecule has 0 amide bonds. The van der Waals surface area contributed by atoms with Gasteiger partial charge in [-0.05, 0) is 12.1 Å². The van der Waals surface area contributed by atoms with Crippen molar-refractivity contribution >= 4 is 6.29 Å². The highest BCUT2D eigenvalue weighted by Crippen LogP contribution is 2.23. The van der Waals surface area contributed by atoms with E-state index in [1.807, 2.05) is 0 Å². The molecule has 0 aliphatic carbocycles. The third kappa shape index (κ3) is 3.55. The highest BCUT2D eigenvalue weighted by molar-refractivity contribution is 5.75. The Hall–Kier alpha value is -1.39. The topological polar surface area (TPSA) is 44.8 Å². The average Bonchev–Trinajstić information content (AvgIpc) is 2.38. The average molecular weight is 250 g/mol. The zero-order valence-electron chi connectivity index (χ0n) is 10.7. The van der Waals surface area contributed by atoms with Gasteiger partial charge in [-0.1, -0.05) is 26.0 Å². The minimum atomic E-state index is -0.335. The van der Waals surface area contributed by atoms with E-state index in [-0.39, 0.29) is 11.7 Å². The first-order valence-electron chi connectivity index (χ1n) is 6.00. The quantitative estimate of drug-likeness (QED) is 0.769. The molecule has 1 aliphatic heterocycles. The van der Waals surface area contributed by atoms with Gasteiger partial charge in [0.2, 0.25) is 0 Å². The van der Waals surface area contributed by atoms with E-state index in [2.05, 4.69) is 13.8 Å². The van der Waals surface area contributed by atoms with Gasteiger partial charge >= 0.3 is 0 Å². The molecule has 1 saturated heterocycles. The zero-order valence-corrected chi connectivity index (χ0v) is 10.7. The van der Waals surface area contributed by atoms with Crippen LogP contribution in [0.3, 0.4) is 0 Å². The first-order valence-corrected chi connectivity index (χ1v) is 6.00. The van der Waals surface area contributed by atoms with Crippen LogP contribution in [0.2, 0.25) is 0 Å². The Morgan fingerprint density at radius 1 is 1.39 bits per heavy atom. The third-order valence-electron chi connectivity index (χ3n) is 2.70. The molecular weight excluding hydrogens is 232 g/mol. The van der Waals surface area contributed by atoms with E-state index in [0.29, 0.717) is 31.1 Å². The highest BCUT2D eigenvalue weighted by atomic mass is 16.7. The number of benzene rings is 1. The molecule has 1 aromatic carbocycles. The van der Waals surface area contributed by atoms with E-state index in [1.165, 1.54) is 0 Å². The fraction of sp³-hybridized carbons (Fsp3) is 0.500. The Labute approximate surface area is 107 Å². The van der Waals surface area contributed by atoms with Crippen LogP contribution < -0.4 is 4.74 Å². The highest BCUT2D eigenvalue weighted by Gasteiger charge is 2.28. The van der Waals surface area contributed by atoms with Gasteiger partial charge in [0.15, 0.2) is 6.29 Å². The summed E-state index contributed by atoms with van der Waals surface area (Å²) in [5.74, 6) is 0.650. The maximum atomic E-state index is 10.6. The molecule has 4 nitrogen and oxygen atoms in total.